The van der Waals surface area contributed by atoms with E-state index in [0.717, 1.165) is 16.1 Å². The van der Waals surface area contributed by atoms with Crippen molar-refractivity contribution >= 4 is 27.7 Å². The summed E-state index contributed by atoms with van der Waals surface area (Å²) < 4.78 is 34.9. The van der Waals surface area contributed by atoms with Crippen LogP contribution in [0.15, 0.2) is 6.08 Å². The van der Waals surface area contributed by atoms with Crippen LogP contribution in [-0.4, -0.2) is 22.6 Å². The maximum Gasteiger partial charge on any atom is 0.271 e. The SMILES string of the molecule is Cc1snc2c1CC(S(=O)(=O)O)C=C2. The van der Waals surface area contributed by atoms with Crippen molar-refractivity contribution in [3.63, 3.8) is 0 Å². The van der Waals surface area contributed by atoms with Gasteiger partial charge >= 0.3 is 0 Å². The first-order valence-corrected chi connectivity index (χ1v) is 6.36. The van der Waals surface area contributed by atoms with Gasteiger partial charge in [-0.2, -0.15) is 12.8 Å². The molecule has 1 heterocycles. The second-order valence-electron chi connectivity index (χ2n) is 3.22. The minimum Gasteiger partial charge on any atom is -0.285 e. The van der Waals surface area contributed by atoms with Crippen molar-refractivity contribution in [2.75, 3.05) is 0 Å². The maximum atomic E-state index is 10.9. The van der Waals surface area contributed by atoms with E-state index in [4.69, 9.17) is 4.55 Å². The van der Waals surface area contributed by atoms with Gasteiger partial charge in [-0.3, -0.25) is 4.55 Å². The van der Waals surface area contributed by atoms with Crippen molar-refractivity contribution in [2.24, 2.45) is 0 Å². The molecule has 1 aromatic rings. The van der Waals surface area contributed by atoms with E-state index in [1.54, 1.807) is 6.08 Å². The predicted octanol–water partition coefficient (Wildman–Crippen LogP) is 1.28. The average Bonchev–Trinajstić information content (AvgIpc) is 2.46. The van der Waals surface area contributed by atoms with Gasteiger partial charge in [0.05, 0.1) is 5.69 Å². The summed E-state index contributed by atoms with van der Waals surface area (Å²) in [5.41, 5.74) is 1.76. The van der Waals surface area contributed by atoms with Gasteiger partial charge in [0.2, 0.25) is 0 Å². The minimum absolute atomic E-state index is 0.326. The van der Waals surface area contributed by atoms with Gasteiger partial charge in [0.1, 0.15) is 5.25 Å². The molecular weight excluding hydrogens is 222 g/mol. The Kier molecular flexibility index (Phi) is 2.21. The number of nitrogens with zero attached hydrogens (tertiary/aromatic N) is 1. The molecule has 76 valence electrons. The lowest BCUT2D eigenvalue weighted by atomic mass is 10.0. The first-order chi connectivity index (χ1) is 6.48. The highest BCUT2D eigenvalue weighted by molar-refractivity contribution is 7.86. The molecule has 1 N–H and O–H groups in total. The number of rotatable bonds is 1. The predicted molar refractivity (Wildman–Crippen MR) is 54.9 cm³/mol. The molecule has 0 saturated carbocycles. The fraction of sp³-hybridized carbons (Fsp3) is 0.375. The van der Waals surface area contributed by atoms with Crippen LogP contribution in [0.3, 0.4) is 0 Å². The molecule has 0 fully saturated rings. The molecule has 0 bridgehead atoms. The summed E-state index contributed by atoms with van der Waals surface area (Å²) in [5, 5.41) is -0.815. The van der Waals surface area contributed by atoms with Gasteiger partial charge in [0.25, 0.3) is 10.1 Å². The molecule has 0 saturated heterocycles. The Morgan fingerprint density at radius 3 is 3.00 bits per heavy atom. The second kappa shape index (κ2) is 3.15. The minimum atomic E-state index is -3.97. The number of hydrogen-bond donors (Lipinski definition) is 1. The molecule has 0 spiro atoms. The standard InChI is InChI=1S/C8H9NO3S2/c1-5-7-4-6(14(10,11)12)2-3-8(7)9-13-5/h2-3,6H,4H2,1H3,(H,10,11,12). The van der Waals surface area contributed by atoms with Crippen molar-refractivity contribution < 1.29 is 13.0 Å². The van der Waals surface area contributed by atoms with Crippen molar-refractivity contribution in [2.45, 2.75) is 18.6 Å². The van der Waals surface area contributed by atoms with Crippen LogP contribution in [0.25, 0.3) is 6.08 Å². The third kappa shape index (κ3) is 1.60. The molecule has 4 nitrogen and oxygen atoms in total. The quantitative estimate of drug-likeness (QED) is 0.739. The summed E-state index contributed by atoms with van der Waals surface area (Å²) >= 11 is 1.36. The van der Waals surface area contributed by atoms with E-state index in [1.165, 1.54) is 17.6 Å². The van der Waals surface area contributed by atoms with E-state index in [-0.39, 0.29) is 0 Å². The molecule has 0 aliphatic heterocycles. The molecule has 6 heteroatoms. The monoisotopic (exact) mass is 231 g/mol. The molecule has 1 unspecified atom stereocenters. The molecular formula is C8H9NO3S2. The van der Waals surface area contributed by atoms with Crippen LogP contribution in [0.5, 0.6) is 0 Å². The Hall–Kier alpha value is -0.720. The zero-order valence-corrected chi connectivity index (χ0v) is 9.10. The highest BCUT2D eigenvalue weighted by Crippen LogP contribution is 2.27. The molecule has 1 aliphatic carbocycles. The normalized spacial score (nSPS) is 20.9. The molecule has 14 heavy (non-hydrogen) atoms. The fourth-order valence-corrected chi connectivity index (χ4v) is 2.82. The summed E-state index contributed by atoms with van der Waals surface area (Å²) in [4.78, 5) is 1.01. The third-order valence-electron chi connectivity index (χ3n) is 2.27. The lowest BCUT2D eigenvalue weighted by Crippen LogP contribution is -2.23. The highest BCUT2D eigenvalue weighted by atomic mass is 32.2. The lowest BCUT2D eigenvalue weighted by molar-refractivity contribution is 0.474. The second-order valence-corrected chi connectivity index (χ2v) is 5.83. The van der Waals surface area contributed by atoms with Gasteiger partial charge in [0.15, 0.2) is 0 Å². The molecule has 0 aromatic carbocycles. The maximum absolute atomic E-state index is 10.9. The van der Waals surface area contributed by atoms with Crippen LogP contribution in [0.1, 0.15) is 16.1 Å². The summed E-state index contributed by atoms with van der Waals surface area (Å²) in [6.07, 6.45) is 3.46. The van der Waals surface area contributed by atoms with E-state index >= 15 is 0 Å². The van der Waals surface area contributed by atoms with Gasteiger partial charge in [0, 0.05) is 4.88 Å². The molecule has 1 atom stereocenters. The van der Waals surface area contributed by atoms with Crippen LogP contribution in [-0.2, 0) is 16.5 Å². The van der Waals surface area contributed by atoms with E-state index in [2.05, 4.69) is 4.37 Å². The van der Waals surface area contributed by atoms with Crippen molar-refractivity contribution in [1.82, 2.24) is 4.37 Å². The van der Waals surface area contributed by atoms with Gasteiger partial charge in [-0.1, -0.05) is 6.08 Å². The summed E-state index contributed by atoms with van der Waals surface area (Å²) in [7, 11) is -3.97. The summed E-state index contributed by atoms with van der Waals surface area (Å²) in [6, 6.07) is 0. The molecule has 0 amide bonds. The first-order valence-electron chi connectivity index (χ1n) is 4.08. The van der Waals surface area contributed by atoms with Crippen LogP contribution in [0, 0.1) is 6.92 Å². The number of hydrogen-bond acceptors (Lipinski definition) is 4. The van der Waals surface area contributed by atoms with E-state index in [1.807, 2.05) is 6.92 Å². The van der Waals surface area contributed by atoms with E-state index < -0.39 is 15.4 Å². The third-order valence-corrected chi connectivity index (χ3v) is 4.17. The van der Waals surface area contributed by atoms with Crippen molar-refractivity contribution in [3.8, 4) is 0 Å². The summed E-state index contributed by atoms with van der Waals surface area (Å²) in [5.74, 6) is 0. The Morgan fingerprint density at radius 1 is 1.64 bits per heavy atom. The van der Waals surface area contributed by atoms with E-state index in [0.29, 0.717) is 6.42 Å². The van der Waals surface area contributed by atoms with Crippen LogP contribution in [0.2, 0.25) is 0 Å². The zero-order valence-electron chi connectivity index (χ0n) is 7.47. The molecule has 2 rings (SSSR count). The van der Waals surface area contributed by atoms with Crippen LogP contribution in [0.4, 0.5) is 0 Å². The van der Waals surface area contributed by atoms with Gasteiger partial charge in [-0.25, -0.2) is 0 Å². The fourth-order valence-electron chi connectivity index (χ4n) is 1.46. The molecule has 0 radical (unpaired) electrons. The van der Waals surface area contributed by atoms with Gasteiger partial charge in [-0.15, -0.1) is 0 Å². The smallest absolute Gasteiger partial charge is 0.271 e. The Morgan fingerprint density at radius 2 is 2.36 bits per heavy atom. The summed E-state index contributed by atoms with van der Waals surface area (Å²) in [6.45, 7) is 1.90. The van der Waals surface area contributed by atoms with Gasteiger partial charge < -0.3 is 0 Å². The number of aryl methyl sites for hydroxylation is 1. The van der Waals surface area contributed by atoms with Crippen LogP contribution >= 0.6 is 11.5 Å². The Labute approximate surface area is 86.2 Å². The molecule has 1 aliphatic rings. The molecule has 1 aromatic heterocycles. The number of aromatic nitrogens is 1. The lowest BCUT2D eigenvalue weighted by Gasteiger charge is -2.13. The van der Waals surface area contributed by atoms with Crippen molar-refractivity contribution in [3.05, 3.63) is 22.2 Å². The largest absolute Gasteiger partial charge is 0.285 e. The topological polar surface area (TPSA) is 67.3 Å². The average molecular weight is 231 g/mol. The first kappa shape index (κ1) is 9.82. The number of fused-ring (bicyclic) bond motifs is 1. The van der Waals surface area contributed by atoms with Crippen molar-refractivity contribution in [1.29, 1.82) is 0 Å². The Bertz CT molecular complexity index is 487. The van der Waals surface area contributed by atoms with Gasteiger partial charge in [-0.05, 0) is 36.5 Å². The van der Waals surface area contributed by atoms with Crippen LogP contribution < -0.4 is 0 Å². The Balaban J connectivity index is 2.42. The zero-order chi connectivity index (χ0) is 10.3. The highest BCUT2D eigenvalue weighted by Gasteiger charge is 2.26. The van der Waals surface area contributed by atoms with E-state index in [9.17, 15) is 8.42 Å².